The molecule has 1 fully saturated rings. The highest BCUT2D eigenvalue weighted by Crippen LogP contribution is 2.04. The van der Waals surface area contributed by atoms with Gasteiger partial charge in [-0.1, -0.05) is 0 Å². The third-order valence-corrected chi connectivity index (χ3v) is 3.81. The first-order valence-electron chi connectivity index (χ1n) is 4.94. The molecule has 1 rings (SSSR count). The van der Waals surface area contributed by atoms with Gasteiger partial charge in [0.05, 0.1) is 6.04 Å². The van der Waals surface area contributed by atoms with Crippen molar-refractivity contribution in [3.05, 3.63) is 0 Å². The van der Waals surface area contributed by atoms with Crippen molar-refractivity contribution < 1.29 is 9.00 Å². The Labute approximate surface area is 87.3 Å². The van der Waals surface area contributed by atoms with E-state index in [1.807, 2.05) is 6.92 Å². The molecule has 0 aliphatic carbocycles. The fourth-order valence-electron chi connectivity index (χ4n) is 1.39. The molecule has 0 bridgehead atoms. The fourth-order valence-corrected chi connectivity index (χ4v) is 1.71. The largest absolute Gasteiger partial charge is 0.354 e. The smallest absolute Gasteiger partial charge is 0.237 e. The number of carbonyl (C=O) groups excluding carboxylic acids is 1. The Bertz CT molecular complexity index is 227. The minimum Gasteiger partial charge on any atom is -0.354 e. The molecule has 0 aromatic carbocycles. The van der Waals surface area contributed by atoms with Crippen molar-refractivity contribution in [2.45, 2.75) is 31.1 Å². The molecule has 14 heavy (non-hydrogen) atoms. The molecule has 1 saturated heterocycles. The highest BCUT2D eigenvalue weighted by atomic mass is 32.2. The van der Waals surface area contributed by atoms with Crippen molar-refractivity contribution in [2.24, 2.45) is 0 Å². The summed E-state index contributed by atoms with van der Waals surface area (Å²) >= 11 is 0. The third-order valence-electron chi connectivity index (χ3n) is 2.51. The molecule has 3 atom stereocenters. The molecular formula is C9H18N2O2S. The maximum atomic E-state index is 11.5. The van der Waals surface area contributed by atoms with Crippen molar-refractivity contribution in [3.8, 4) is 0 Å². The predicted octanol–water partition coefficient (Wildman–Crippen LogP) is -0.378. The van der Waals surface area contributed by atoms with E-state index in [4.69, 9.17) is 0 Å². The van der Waals surface area contributed by atoms with E-state index in [1.54, 1.807) is 6.26 Å². The summed E-state index contributed by atoms with van der Waals surface area (Å²) in [4.78, 5) is 11.5. The van der Waals surface area contributed by atoms with Crippen LogP contribution in [-0.2, 0) is 15.6 Å². The summed E-state index contributed by atoms with van der Waals surface area (Å²) in [5.74, 6) is 0.0415. The Hall–Kier alpha value is -0.420. The molecule has 1 aliphatic heterocycles. The lowest BCUT2D eigenvalue weighted by Crippen LogP contribution is -2.43. The van der Waals surface area contributed by atoms with Crippen LogP contribution in [0.2, 0.25) is 0 Å². The first-order chi connectivity index (χ1) is 6.61. The van der Waals surface area contributed by atoms with Crippen molar-refractivity contribution in [2.75, 3.05) is 19.3 Å². The van der Waals surface area contributed by atoms with E-state index in [9.17, 15) is 9.00 Å². The molecule has 0 aromatic heterocycles. The van der Waals surface area contributed by atoms with Crippen LogP contribution >= 0.6 is 0 Å². The van der Waals surface area contributed by atoms with E-state index < -0.39 is 10.8 Å². The van der Waals surface area contributed by atoms with Crippen molar-refractivity contribution in [3.63, 3.8) is 0 Å². The molecule has 0 aromatic rings. The van der Waals surface area contributed by atoms with E-state index in [0.717, 1.165) is 19.4 Å². The lowest BCUT2D eigenvalue weighted by atomic mass is 10.2. The molecule has 1 aliphatic rings. The Balaban J connectivity index is 2.23. The zero-order valence-electron chi connectivity index (χ0n) is 8.71. The second kappa shape index (κ2) is 5.46. The zero-order valence-corrected chi connectivity index (χ0v) is 9.52. The number of hydrogen-bond acceptors (Lipinski definition) is 3. The van der Waals surface area contributed by atoms with Crippen molar-refractivity contribution in [1.82, 2.24) is 10.6 Å². The number of rotatable bonds is 4. The van der Waals surface area contributed by atoms with Gasteiger partial charge in [0, 0.05) is 28.9 Å². The van der Waals surface area contributed by atoms with E-state index in [0.29, 0.717) is 6.54 Å². The quantitative estimate of drug-likeness (QED) is 0.676. The average Bonchev–Trinajstić information content (AvgIpc) is 2.66. The SMILES string of the molecule is CC(CNC(=O)[C@H]1CCCN1)S(C)=O. The van der Waals surface area contributed by atoms with Gasteiger partial charge in [-0.2, -0.15) is 0 Å². The van der Waals surface area contributed by atoms with Crippen molar-refractivity contribution >= 4 is 16.7 Å². The Morgan fingerprint density at radius 2 is 2.43 bits per heavy atom. The van der Waals surface area contributed by atoms with Gasteiger partial charge in [-0.05, 0) is 26.3 Å². The molecule has 0 spiro atoms. The van der Waals surface area contributed by atoms with Crippen LogP contribution in [0.3, 0.4) is 0 Å². The van der Waals surface area contributed by atoms with Crippen LogP contribution in [0.25, 0.3) is 0 Å². The van der Waals surface area contributed by atoms with Crippen LogP contribution in [0.1, 0.15) is 19.8 Å². The maximum absolute atomic E-state index is 11.5. The summed E-state index contributed by atoms with van der Waals surface area (Å²) < 4.78 is 11.0. The van der Waals surface area contributed by atoms with E-state index in [1.165, 1.54) is 0 Å². The third kappa shape index (κ3) is 3.38. The van der Waals surface area contributed by atoms with E-state index in [-0.39, 0.29) is 17.2 Å². The second-order valence-corrected chi connectivity index (χ2v) is 5.51. The number of carbonyl (C=O) groups is 1. The summed E-state index contributed by atoms with van der Waals surface area (Å²) in [5.41, 5.74) is 0. The summed E-state index contributed by atoms with van der Waals surface area (Å²) in [7, 11) is -0.863. The highest BCUT2D eigenvalue weighted by molar-refractivity contribution is 7.84. The monoisotopic (exact) mass is 218 g/mol. The van der Waals surface area contributed by atoms with Crippen LogP contribution in [-0.4, -0.2) is 40.8 Å². The molecule has 1 heterocycles. The van der Waals surface area contributed by atoms with Crippen LogP contribution in [0.4, 0.5) is 0 Å². The summed E-state index contributed by atoms with van der Waals surface area (Å²) in [6.45, 7) is 3.30. The predicted molar refractivity (Wildman–Crippen MR) is 57.6 cm³/mol. The summed E-state index contributed by atoms with van der Waals surface area (Å²) in [6, 6.07) is -0.0347. The zero-order chi connectivity index (χ0) is 10.6. The molecule has 82 valence electrons. The number of nitrogens with one attached hydrogen (secondary N) is 2. The van der Waals surface area contributed by atoms with Crippen LogP contribution in [0.15, 0.2) is 0 Å². The maximum Gasteiger partial charge on any atom is 0.237 e. The van der Waals surface area contributed by atoms with E-state index >= 15 is 0 Å². The van der Waals surface area contributed by atoms with Crippen LogP contribution in [0.5, 0.6) is 0 Å². The van der Waals surface area contributed by atoms with Gasteiger partial charge in [0.1, 0.15) is 0 Å². The molecule has 2 unspecified atom stereocenters. The fraction of sp³-hybridized carbons (Fsp3) is 0.889. The minimum atomic E-state index is -0.863. The Kier molecular flexibility index (Phi) is 4.54. The van der Waals surface area contributed by atoms with Crippen LogP contribution < -0.4 is 10.6 Å². The van der Waals surface area contributed by atoms with Crippen molar-refractivity contribution in [1.29, 1.82) is 0 Å². The molecule has 0 radical (unpaired) electrons. The van der Waals surface area contributed by atoms with Crippen LogP contribution in [0, 0.1) is 0 Å². The molecule has 1 amide bonds. The Morgan fingerprint density at radius 1 is 1.71 bits per heavy atom. The number of amides is 1. The van der Waals surface area contributed by atoms with Gasteiger partial charge in [-0.3, -0.25) is 9.00 Å². The van der Waals surface area contributed by atoms with Gasteiger partial charge in [0.2, 0.25) is 5.91 Å². The minimum absolute atomic E-state index is 0.0281. The molecule has 4 nitrogen and oxygen atoms in total. The van der Waals surface area contributed by atoms with Gasteiger partial charge >= 0.3 is 0 Å². The molecule has 5 heteroatoms. The molecular weight excluding hydrogens is 200 g/mol. The van der Waals surface area contributed by atoms with Gasteiger partial charge in [-0.25, -0.2) is 0 Å². The molecule has 0 saturated carbocycles. The van der Waals surface area contributed by atoms with Gasteiger partial charge in [0.15, 0.2) is 0 Å². The van der Waals surface area contributed by atoms with Gasteiger partial charge in [-0.15, -0.1) is 0 Å². The summed E-state index contributed by atoms with van der Waals surface area (Å²) in [6.07, 6.45) is 3.63. The topological polar surface area (TPSA) is 58.2 Å². The lowest BCUT2D eigenvalue weighted by molar-refractivity contribution is -0.122. The van der Waals surface area contributed by atoms with E-state index in [2.05, 4.69) is 10.6 Å². The van der Waals surface area contributed by atoms with Gasteiger partial charge < -0.3 is 10.6 Å². The molecule has 2 N–H and O–H groups in total. The number of hydrogen-bond donors (Lipinski definition) is 2. The first-order valence-corrected chi connectivity index (χ1v) is 6.56. The average molecular weight is 218 g/mol. The Morgan fingerprint density at radius 3 is 2.93 bits per heavy atom. The summed E-state index contributed by atoms with van der Waals surface area (Å²) in [5, 5.41) is 5.96. The van der Waals surface area contributed by atoms with Gasteiger partial charge in [0.25, 0.3) is 0 Å². The second-order valence-electron chi connectivity index (χ2n) is 3.70. The normalized spacial score (nSPS) is 25.7. The first kappa shape index (κ1) is 11.7. The lowest BCUT2D eigenvalue weighted by Gasteiger charge is -2.13. The standard InChI is InChI=1S/C9H18N2O2S/c1-7(14(2)13)6-11-9(12)8-4-3-5-10-8/h7-8,10H,3-6H2,1-2H3,(H,11,12)/t7?,8-,14?/m1/s1. The highest BCUT2D eigenvalue weighted by Gasteiger charge is 2.22.